The van der Waals surface area contributed by atoms with Crippen molar-refractivity contribution in [2.24, 2.45) is 0 Å². The zero-order valence-corrected chi connectivity index (χ0v) is 9.60. The van der Waals surface area contributed by atoms with Crippen molar-refractivity contribution in [2.45, 2.75) is 0 Å². The van der Waals surface area contributed by atoms with Crippen LogP contribution in [0.2, 0.25) is 0 Å². The number of carbonyl (C=O) groups excluding carboxylic acids is 1. The van der Waals surface area contributed by atoms with Gasteiger partial charge in [-0.1, -0.05) is 0 Å². The van der Waals surface area contributed by atoms with E-state index >= 15 is 0 Å². The molecule has 0 unspecified atom stereocenters. The second kappa shape index (κ2) is 6.72. The van der Waals surface area contributed by atoms with Crippen molar-refractivity contribution in [1.82, 2.24) is 0 Å². The lowest BCUT2D eigenvalue weighted by Gasteiger charge is -2.10. The summed E-state index contributed by atoms with van der Waals surface area (Å²) in [5.41, 5.74) is 6.67. The van der Waals surface area contributed by atoms with E-state index in [0.29, 0.717) is 17.1 Å². The van der Waals surface area contributed by atoms with Crippen molar-refractivity contribution in [3.05, 3.63) is 18.2 Å². The van der Waals surface area contributed by atoms with Crippen LogP contribution < -0.4 is 15.8 Å². The average Bonchev–Trinajstić information content (AvgIpc) is 2.32. The minimum absolute atomic E-state index is 0.113. The molecule has 0 aliphatic rings. The number of aliphatic hydroxyl groups is 1. The fraction of sp³-hybridized carbons (Fsp3) is 0.364. The Morgan fingerprint density at radius 1 is 1.53 bits per heavy atom. The second-order valence-electron chi connectivity index (χ2n) is 3.28. The lowest BCUT2D eigenvalue weighted by molar-refractivity contribution is -0.120. The summed E-state index contributed by atoms with van der Waals surface area (Å²) in [5.74, 6) is 0.169. The molecule has 4 N–H and O–H groups in total. The summed E-state index contributed by atoms with van der Waals surface area (Å²) < 4.78 is 9.96. The van der Waals surface area contributed by atoms with Crippen LogP contribution in [0, 0.1) is 0 Å². The number of nitrogens with two attached hydrogens (primary N) is 1. The minimum Gasteiger partial charge on any atom is -0.494 e. The first-order valence-corrected chi connectivity index (χ1v) is 5.09. The molecule has 6 heteroatoms. The number of methoxy groups -OCH3 is 1. The average molecular weight is 240 g/mol. The normalized spacial score (nSPS) is 10.0. The number of nitrogen functional groups attached to an aromatic ring is 1. The number of hydrogen-bond donors (Lipinski definition) is 3. The highest BCUT2D eigenvalue weighted by Crippen LogP contribution is 2.26. The molecular weight excluding hydrogens is 224 g/mol. The molecule has 0 aromatic heterocycles. The fourth-order valence-corrected chi connectivity index (χ4v) is 1.23. The number of aliphatic hydroxyl groups excluding tert-OH is 1. The van der Waals surface area contributed by atoms with Crippen LogP contribution in [0.15, 0.2) is 18.2 Å². The van der Waals surface area contributed by atoms with Crippen LogP contribution in [0.5, 0.6) is 5.75 Å². The quantitative estimate of drug-likeness (QED) is 0.488. The molecular formula is C11H16N2O4. The predicted molar refractivity (Wildman–Crippen MR) is 63.9 cm³/mol. The zero-order chi connectivity index (χ0) is 12.7. The maximum Gasteiger partial charge on any atom is 0.250 e. The fourth-order valence-electron chi connectivity index (χ4n) is 1.23. The summed E-state index contributed by atoms with van der Waals surface area (Å²) in [6.07, 6.45) is 0. The maximum absolute atomic E-state index is 11.4. The Kier molecular flexibility index (Phi) is 5.25. The highest BCUT2D eigenvalue weighted by molar-refractivity contribution is 5.93. The molecule has 0 saturated carbocycles. The SMILES string of the molecule is COc1cc(N)ccc1NC(=O)COCCO. The largest absolute Gasteiger partial charge is 0.494 e. The highest BCUT2D eigenvalue weighted by atomic mass is 16.5. The van der Waals surface area contributed by atoms with Crippen molar-refractivity contribution < 1.29 is 19.4 Å². The van der Waals surface area contributed by atoms with Crippen molar-refractivity contribution in [2.75, 3.05) is 38.0 Å². The van der Waals surface area contributed by atoms with Crippen molar-refractivity contribution in [3.8, 4) is 5.75 Å². The minimum atomic E-state index is -0.318. The first-order chi connectivity index (χ1) is 8.17. The molecule has 0 atom stereocenters. The van der Waals surface area contributed by atoms with Gasteiger partial charge in [-0.3, -0.25) is 4.79 Å². The van der Waals surface area contributed by atoms with E-state index in [0.717, 1.165) is 0 Å². The van der Waals surface area contributed by atoms with E-state index in [9.17, 15) is 4.79 Å². The van der Waals surface area contributed by atoms with Gasteiger partial charge in [0.05, 0.1) is 26.0 Å². The first-order valence-electron chi connectivity index (χ1n) is 5.09. The number of benzene rings is 1. The summed E-state index contributed by atoms with van der Waals surface area (Å²) >= 11 is 0. The summed E-state index contributed by atoms with van der Waals surface area (Å²) in [5, 5.41) is 11.1. The van der Waals surface area contributed by atoms with Gasteiger partial charge in [-0.15, -0.1) is 0 Å². The smallest absolute Gasteiger partial charge is 0.250 e. The highest BCUT2D eigenvalue weighted by Gasteiger charge is 2.07. The molecule has 1 aromatic rings. The van der Waals surface area contributed by atoms with Crippen LogP contribution in [0.25, 0.3) is 0 Å². The maximum atomic E-state index is 11.4. The van der Waals surface area contributed by atoms with E-state index in [1.165, 1.54) is 7.11 Å². The summed E-state index contributed by atoms with van der Waals surface area (Å²) in [4.78, 5) is 11.4. The van der Waals surface area contributed by atoms with Gasteiger partial charge in [-0.05, 0) is 12.1 Å². The Bertz CT molecular complexity index is 382. The van der Waals surface area contributed by atoms with Crippen LogP contribution in [-0.2, 0) is 9.53 Å². The predicted octanol–water partition coefficient (Wildman–Crippen LogP) is 0.225. The lowest BCUT2D eigenvalue weighted by atomic mass is 10.2. The van der Waals surface area contributed by atoms with Gasteiger partial charge in [-0.2, -0.15) is 0 Å². The molecule has 0 saturated heterocycles. The Labute approximate surface area is 99.3 Å². The molecule has 0 fully saturated rings. The van der Waals surface area contributed by atoms with E-state index in [2.05, 4.69) is 5.32 Å². The van der Waals surface area contributed by atoms with Gasteiger partial charge in [0.1, 0.15) is 12.4 Å². The van der Waals surface area contributed by atoms with Gasteiger partial charge in [0, 0.05) is 11.8 Å². The van der Waals surface area contributed by atoms with E-state index in [1.807, 2.05) is 0 Å². The van der Waals surface area contributed by atoms with Gasteiger partial charge >= 0.3 is 0 Å². The molecule has 1 rings (SSSR count). The molecule has 94 valence electrons. The standard InChI is InChI=1S/C11H16N2O4/c1-16-10-6-8(12)2-3-9(10)13-11(15)7-17-5-4-14/h2-3,6,14H,4-5,7,12H2,1H3,(H,13,15). The molecule has 1 aromatic carbocycles. The Morgan fingerprint density at radius 3 is 2.94 bits per heavy atom. The van der Waals surface area contributed by atoms with E-state index in [1.54, 1.807) is 18.2 Å². The zero-order valence-electron chi connectivity index (χ0n) is 9.60. The van der Waals surface area contributed by atoms with Gasteiger partial charge in [0.2, 0.25) is 5.91 Å². The number of rotatable bonds is 6. The van der Waals surface area contributed by atoms with Gasteiger partial charge in [0.15, 0.2) is 0 Å². The summed E-state index contributed by atoms with van der Waals surface area (Å²) in [6, 6.07) is 4.93. The van der Waals surface area contributed by atoms with Crippen LogP contribution in [0.4, 0.5) is 11.4 Å². The lowest BCUT2D eigenvalue weighted by Crippen LogP contribution is -2.19. The van der Waals surface area contributed by atoms with Crippen LogP contribution in [-0.4, -0.2) is 37.9 Å². The van der Waals surface area contributed by atoms with Crippen LogP contribution >= 0.6 is 0 Å². The van der Waals surface area contributed by atoms with Gasteiger partial charge in [0.25, 0.3) is 0 Å². The van der Waals surface area contributed by atoms with Crippen molar-refractivity contribution >= 4 is 17.3 Å². The van der Waals surface area contributed by atoms with Crippen LogP contribution in [0.1, 0.15) is 0 Å². The van der Waals surface area contributed by atoms with Crippen molar-refractivity contribution in [1.29, 1.82) is 0 Å². The summed E-state index contributed by atoms with van der Waals surface area (Å²) in [6.45, 7) is -0.0984. The number of ether oxygens (including phenoxy) is 2. The van der Waals surface area contributed by atoms with Crippen molar-refractivity contribution in [3.63, 3.8) is 0 Å². The Balaban J connectivity index is 2.58. The number of carbonyl (C=O) groups is 1. The summed E-state index contributed by atoms with van der Waals surface area (Å²) in [7, 11) is 1.49. The van der Waals surface area contributed by atoms with Gasteiger partial charge < -0.3 is 25.6 Å². The van der Waals surface area contributed by atoms with E-state index < -0.39 is 0 Å². The molecule has 0 radical (unpaired) electrons. The molecule has 6 nitrogen and oxygen atoms in total. The molecule has 0 bridgehead atoms. The Hall–Kier alpha value is -1.79. The number of anilines is 2. The molecule has 0 aliphatic carbocycles. The third kappa shape index (κ3) is 4.29. The third-order valence-electron chi connectivity index (χ3n) is 1.97. The van der Waals surface area contributed by atoms with Crippen LogP contribution in [0.3, 0.4) is 0 Å². The van der Waals surface area contributed by atoms with Gasteiger partial charge in [-0.25, -0.2) is 0 Å². The second-order valence-corrected chi connectivity index (χ2v) is 3.28. The molecule has 0 heterocycles. The third-order valence-corrected chi connectivity index (χ3v) is 1.97. The molecule has 0 aliphatic heterocycles. The molecule has 1 amide bonds. The number of amides is 1. The first kappa shape index (κ1) is 13.3. The van der Waals surface area contributed by atoms with E-state index in [4.69, 9.17) is 20.3 Å². The number of hydrogen-bond acceptors (Lipinski definition) is 5. The number of nitrogens with one attached hydrogen (secondary N) is 1. The monoisotopic (exact) mass is 240 g/mol. The molecule has 0 spiro atoms. The topological polar surface area (TPSA) is 93.8 Å². The Morgan fingerprint density at radius 2 is 2.29 bits per heavy atom. The van der Waals surface area contributed by atoms with E-state index in [-0.39, 0.29) is 25.7 Å². The molecule has 17 heavy (non-hydrogen) atoms.